The zero-order valence-electron chi connectivity index (χ0n) is 13.4. The van der Waals surface area contributed by atoms with Crippen LogP contribution in [0.4, 0.5) is 13.2 Å². The topological polar surface area (TPSA) is 51.1 Å². The van der Waals surface area contributed by atoms with Gasteiger partial charge in [0, 0.05) is 24.9 Å². The predicted molar refractivity (Wildman–Crippen MR) is 83.6 cm³/mol. The molecule has 24 heavy (non-hydrogen) atoms. The van der Waals surface area contributed by atoms with Gasteiger partial charge >= 0.3 is 6.18 Å². The first-order chi connectivity index (χ1) is 11.0. The lowest BCUT2D eigenvalue weighted by Gasteiger charge is -2.27. The maximum absolute atomic E-state index is 12.8. The molecule has 1 aromatic carbocycles. The van der Waals surface area contributed by atoms with Crippen LogP contribution in [0.25, 0.3) is 0 Å². The highest BCUT2D eigenvalue weighted by molar-refractivity contribution is 5.94. The monoisotopic (exact) mass is 338 g/mol. The molecule has 2 aromatic rings. The van der Waals surface area contributed by atoms with Gasteiger partial charge in [-0.1, -0.05) is 12.1 Å². The first-order valence-corrected chi connectivity index (χ1v) is 7.17. The van der Waals surface area contributed by atoms with Gasteiger partial charge in [-0.2, -0.15) is 13.2 Å². The number of nitrogens with one attached hydrogen (secondary N) is 1. The van der Waals surface area contributed by atoms with Crippen molar-refractivity contribution in [3.8, 4) is 0 Å². The van der Waals surface area contributed by atoms with Crippen molar-refractivity contribution in [1.82, 2.24) is 9.88 Å². The van der Waals surface area contributed by atoms with E-state index in [0.29, 0.717) is 5.56 Å². The standard InChI is InChI=1S/C17H17F3N2O2/c1-16(2,12-5-4-6-13(10-12)17(18,19)20)21-15(24)11-7-8-22(3)14(23)9-11/h4-10H,1-3H3,(H,21,24). The number of aromatic nitrogens is 1. The summed E-state index contributed by atoms with van der Waals surface area (Å²) in [6.07, 6.45) is -3.00. The van der Waals surface area contributed by atoms with Crippen molar-refractivity contribution in [1.29, 1.82) is 0 Å². The number of alkyl halides is 3. The molecule has 128 valence electrons. The minimum atomic E-state index is -4.46. The van der Waals surface area contributed by atoms with Gasteiger partial charge in [0.05, 0.1) is 11.1 Å². The lowest BCUT2D eigenvalue weighted by molar-refractivity contribution is -0.137. The average molecular weight is 338 g/mol. The highest BCUT2D eigenvalue weighted by Gasteiger charge is 2.32. The molecule has 4 nitrogen and oxygen atoms in total. The summed E-state index contributed by atoms with van der Waals surface area (Å²) in [5.41, 5.74) is -1.71. The van der Waals surface area contributed by atoms with Crippen LogP contribution in [-0.4, -0.2) is 10.5 Å². The van der Waals surface area contributed by atoms with Gasteiger partial charge in [-0.3, -0.25) is 9.59 Å². The Morgan fingerprint density at radius 1 is 1.08 bits per heavy atom. The Balaban J connectivity index is 2.29. The summed E-state index contributed by atoms with van der Waals surface area (Å²) in [7, 11) is 1.55. The molecule has 0 spiro atoms. The van der Waals surface area contributed by atoms with Crippen molar-refractivity contribution in [3.63, 3.8) is 0 Å². The van der Waals surface area contributed by atoms with Crippen molar-refractivity contribution >= 4 is 5.91 Å². The van der Waals surface area contributed by atoms with Crippen LogP contribution in [0.3, 0.4) is 0 Å². The summed E-state index contributed by atoms with van der Waals surface area (Å²) in [4.78, 5) is 23.9. The minimum absolute atomic E-state index is 0.151. The van der Waals surface area contributed by atoms with Gasteiger partial charge in [-0.05, 0) is 37.6 Å². The van der Waals surface area contributed by atoms with Crippen LogP contribution in [0.15, 0.2) is 47.4 Å². The van der Waals surface area contributed by atoms with Crippen LogP contribution < -0.4 is 10.9 Å². The molecule has 0 unspecified atom stereocenters. The van der Waals surface area contributed by atoms with Crippen molar-refractivity contribution in [2.75, 3.05) is 0 Å². The number of rotatable bonds is 3. The fourth-order valence-electron chi connectivity index (χ4n) is 2.20. The SMILES string of the molecule is Cn1ccc(C(=O)NC(C)(C)c2cccc(C(F)(F)F)c2)cc1=O. The van der Waals surface area contributed by atoms with E-state index in [2.05, 4.69) is 5.32 Å². The molecule has 0 aliphatic carbocycles. The van der Waals surface area contributed by atoms with E-state index in [9.17, 15) is 22.8 Å². The van der Waals surface area contributed by atoms with Crippen LogP contribution in [0.2, 0.25) is 0 Å². The molecule has 0 bridgehead atoms. The molecule has 0 aliphatic rings. The molecule has 0 aliphatic heterocycles. The molecule has 0 saturated heterocycles. The Labute approximate surface area is 136 Å². The highest BCUT2D eigenvalue weighted by Crippen LogP contribution is 2.32. The van der Waals surface area contributed by atoms with Crippen LogP contribution in [-0.2, 0) is 18.8 Å². The Morgan fingerprint density at radius 3 is 2.29 bits per heavy atom. The van der Waals surface area contributed by atoms with Crippen LogP contribution in [0.5, 0.6) is 0 Å². The van der Waals surface area contributed by atoms with Crippen molar-refractivity contribution < 1.29 is 18.0 Å². The van der Waals surface area contributed by atoms with E-state index < -0.39 is 23.2 Å². The van der Waals surface area contributed by atoms with Gasteiger partial charge in [0.25, 0.3) is 11.5 Å². The summed E-state index contributed by atoms with van der Waals surface area (Å²) < 4.78 is 39.8. The number of pyridine rings is 1. The molecule has 1 heterocycles. The van der Waals surface area contributed by atoms with E-state index in [1.807, 2.05) is 0 Å². The largest absolute Gasteiger partial charge is 0.416 e. The van der Waals surface area contributed by atoms with E-state index in [1.54, 1.807) is 20.9 Å². The lowest BCUT2D eigenvalue weighted by atomic mass is 9.92. The molecule has 0 atom stereocenters. The van der Waals surface area contributed by atoms with Crippen molar-refractivity contribution in [2.24, 2.45) is 7.05 Å². The lowest BCUT2D eigenvalue weighted by Crippen LogP contribution is -2.41. The maximum Gasteiger partial charge on any atom is 0.416 e. The van der Waals surface area contributed by atoms with E-state index in [1.165, 1.54) is 35.0 Å². The molecule has 1 amide bonds. The van der Waals surface area contributed by atoms with E-state index in [-0.39, 0.29) is 11.1 Å². The molecule has 7 heteroatoms. The number of amides is 1. The third-order valence-electron chi connectivity index (χ3n) is 3.70. The van der Waals surface area contributed by atoms with Gasteiger partial charge in [0.15, 0.2) is 0 Å². The molecular formula is C17H17F3N2O2. The fraction of sp³-hybridized carbons (Fsp3) is 0.294. The number of nitrogens with zero attached hydrogens (tertiary/aromatic N) is 1. The smallest absolute Gasteiger partial charge is 0.343 e. The zero-order valence-corrected chi connectivity index (χ0v) is 13.4. The number of aryl methyl sites for hydroxylation is 1. The minimum Gasteiger partial charge on any atom is -0.343 e. The molecule has 0 fully saturated rings. The first-order valence-electron chi connectivity index (χ1n) is 7.17. The predicted octanol–water partition coefficient (Wildman–Crippen LogP) is 3.07. The van der Waals surface area contributed by atoms with Gasteiger partial charge in [-0.15, -0.1) is 0 Å². The Bertz CT molecular complexity index is 823. The zero-order chi connectivity index (χ0) is 18.1. The molecular weight excluding hydrogens is 321 g/mol. The van der Waals surface area contributed by atoms with Crippen LogP contribution >= 0.6 is 0 Å². The summed E-state index contributed by atoms with van der Waals surface area (Å²) in [5, 5.41) is 2.66. The number of carbonyl (C=O) groups is 1. The Morgan fingerprint density at radius 2 is 1.71 bits per heavy atom. The molecule has 1 N–H and O–H groups in total. The third kappa shape index (κ3) is 3.84. The normalized spacial score (nSPS) is 12.1. The second-order valence-electron chi connectivity index (χ2n) is 6.02. The van der Waals surface area contributed by atoms with Gasteiger partial charge in [-0.25, -0.2) is 0 Å². The molecule has 0 radical (unpaired) electrons. The summed E-state index contributed by atoms with van der Waals surface area (Å²) in [6.45, 7) is 3.20. The third-order valence-corrected chi connectivity index (χ3v) is 3.70. The van der Waals surface area contributed by atoms with Crippen molar-refractivity contribution in [2.45, 2.75) is 25.6 Å². The van der Waals surface area contributed by atoms with Gasteiger partial charge < -0.3 is 9.88 Å². The number of halogens is 3. The van der Waals surface area contributed by atoms with E-state index in [4.69, 9.17) is 0 Å². The quantitative estimate of drug-likeness (QED) is 0.935. The van der Waals surface area contributed by atoms with E-state index in [0.717, 1.165) is 12.1 Å². The van der Waals surface area contributed by atoms with E-state index >= 15 is 0 Å². The van der Waals surface area contributed by atoms with Gasteiger partial charge in [0.1, 0.15) is 0 Å². The number of hydrogen-bond acceptors (Lipinski definition) is 2. The second kappa shape index (κ2) is 6.14. The molecule has 0 saturated carbocycles. The second-order valence-corrected chi connectivity index (χ2v) is 6.02. The maximum atomic E-state index is 12.8. The first kappa shape index (κ1) is 17.8. The number of hydrogen-bond donors (Lipinski definition) is 1. The number of benzene rings is 1. The summed E-state index contributed by atoms with van der Waals surface area (Å²) >= 11 is 0. The summed E-state index contributed by atoms with van der Waals surface area (Å²) in [6, 6.07) is 7.44. The highest BCUT2D eigenvalue weighted by atomic mass is 19.4. The van der Waals surface area contributed by atoms with Gasteiger partial charge in [0.2, 0.25) is 0 Å². The van der Waals surface area contributed by atoms with Crippen LogP contribution in [0, 0.1) is 0 Å². The average Bonchev–Trinajstić information content (AvgIpc) is 2.49. The summed E-state index contributed by atoms with van der Waals surface area (Å²) in [5.74, 6) is -0.532. The molecule has 1 aromatic heterocycles. The van der Waals surface area contributed by atoms with Crippen molar-refractivity contribution in [3.05, 3.63) is 69.6 Å². The Kier molecular flexibility index (Phi) is 4.55. The molecule has 2 rings (SSSR count). The Hall–Kier alpha value is -2.57. The number of carbonyl (C=O) groups excluding carboxylic acids is 1. The van der Waals surface area contributed by atoms with Crippen LogP contribution in [0.1, 0.15) is 35.3 Å². The fourth-order valence-corrected chi connectivity index (χ4v) is 2.20.